The molecule has 0 saturated carbocycles. The summed E-state index contributed by atoms with van der Waals surface area (Å²) in [6.45, 7) is 3.30. The molecule has 0 bridgehead atoms. The molecule has 0 aliphatic carbocycles. The second kappa shape index (κ2) is 4.53. The van der Waals surface area contributed by atoms with Gasteiger partial charge in [-0.3, -0.25) is 5.32 Å². The van der Waals surface area contributed by atoms with Crippen LogP contribution in [0.4, 0.5) is 0 Å². The number of H-pyrrole nitrogens is 1. The van der Waals surface area contributed by atoms with E-state index in [4.69, 9.17) is 0 Å². The van der Waals surface area contributed by atoms with Crippen molar-refractivity contribution in [3.63, 3.8) is 0 Å². The maximum Gasteiger partial charge on any atom is 0.120 e. The van der Waals surface area contributed by atoms with Gasteiger partial charge in [-0.25, -0.2) is 4.98 Å². The SMILES string of the molecule is CC#CCNCc1ncc[nH]1. The molecule has 1 aromatic rings. The molecule has 0 saturated heterocycles. The van der Waals surface area contributed by atoms with Crippen LogP contribution in [-0.2, 0) is 6.54 Å². The first-order chi connectivity index (χ1) is 5.43. The fourth-order valence-electron chi connectivity index (χ4n) is 0.726. The molecule has 2 N–H and O–H groups in total. The largest absolute Gasteiger partial charge is 0.348 e. The van der Waals surface area contributed by atoms with Crippen LogP contribution in [0.25, 0.3) is 0 Å². The summed E-state index contributed by atoms with van der Waals surface area (Å²) in [6.07, 6.45) is 3.55. The van der Waals surface area contributed by atoms with Crippen LogP contribution >= 0.6 is 0 Å². The molecule has 0 unspecified atom stereocenters. The van der Waals surface area contributed by atoms with Crippen LogP contribution in [0.1, 0.15) is 12.7 Å². The Hall–Kier alpha value is -1.27. The van der Waals surface area contributed by atoms with Crippen molar-refractivity contribution in [3.05, 3.63) is 18.2 Å². The number of rotatable bonds is 3. The minimum absolute atomic E-state index is 0.719. The Kier molecular flexibility index (Phi) is 3.23. The molecular weight excluding hydrogens is 138 g/mol. The van der Waals surface area contributed by atoms with E-state index in [1.807, 2.05) is 13.1 Å². The van der Waals surface area contributed by atoms with Gasteiger partial charge in [0, 0.05) is 12.4 Å². The van der Waals surface area contributed by atoms with Crippen LogP contribution in [-0.4, -0.2) is 16.5 Å². The summed E-state index contributed by atoms with van der Waals surface area (Å²) in [5, 5.41) is 3.12. The molecular formula is C8H11N3. The topological polar surface area (TPSA) is 40.7 Å². The van der Waals surface area contributed by atoms with Gasteiger partial charge in [-0.15, -0.1) is 5.92 Å². The van der Waals surface area contributed by atoms with Crippen molar-refractivity contribution >= 4 is 0 Å². The molecule has 0 aromatic carbocycles. The number of hydrogen-bond donors (Lipinski definition) is 2. The monoisotopic (exact) mass is 149 g/mol. The van der Waals surface area contributed by atoms with E-state index in [0.717, 1.165) is 18.9 Å². The normalized spacial score (nSPS) is 8.82. The molecule has 58 valence electrons. The summed E-state index contributed by atoms with van der Waals surface area (Å²) in [5.41, 5.74) is 0. The van der Waals surface area contributed by atoms with Crippen LogP contribution in [0.15, 0.2) is 12.4 Å². The van der Waals surface area contributed by atoms with E-state index in [1.165, 1.54) is 0 Å². The molecule has 0 amide bonds. The zero-order valence-corrected chi connectivity index (χ0v) is 6.52. The second-order valence-corrected chi connectivity index (χ2v) is 2.07. The highest BCUT2D eigenvalue weighted by Gasteiger charge is 1.89. The summed E-state index contributed by atoms with van der Waals surface area (Å²) in [4.78, 5) is 7.04. The van der Waals surface area contributed by atoms with Gasteiger partial charge in [0.1, 0.15) is 5.82 Å². The molecule has 1 rings (SSSR count). The predicted molar refractivity (Wildman–Crippen MR) is 43.7 cm³/mol. The van der Waals surface area contributed by atoms with Crippen LogP contribution in [0.3, 0.4) is 0 Å². The fourth-order valence-corrected chi connectivity index (χ4v) is 0.726. The molecule has 11 heavy (non-hydrogen) atoms. The van der Waals surface area contributed by atoms with Crippen molar-refractivity contribution < 1.29 is 0 Å². The van der Waals surface area contributed by atoms with Gasteiger partial charge in [0.15, 0.2) is 0 Å². The zero-order valence-electron chi connectivity index (χ0n) is 6.52. The Bertz CT molecular complexity index is 240. The Balaban J connectivity index is 2.17. The number of aromatic nitrogens is 2. The summed E-state index contributed by atoms with van der Waals surface area (Å²) in [5.74, 6) is 6.66. The quantitative estimate of drug-likeness (QED) is 0.486. The number of aromatic amines is 1. The van der Waals surface area contributed by atoms with Gasteiger partial charge in [0.05, 0.1) is 13.1 Å². The molecule has 0 fully saturated rings. The van der Waals surface area contributed by atoms with Crippen molar-refractivity contribution in [1.29, 1.82) is 0 Å². The maximum atomic E-state index is 4.05. The lowest BCUT2D eigenvalue weighted by Crippen LogP contribution is -2.13. The third-order valence-corrected chi connectivity index (χ3v) is 1.24. The fraction of sp³-hybridized carbons (Fsp3) is 0.375. The highest BCUT2D eigenvalue weighted by atomic mass is 15.0. The minimum Gasteiger partial charge on any atom is -0.348 e. The minimum atomic E-state index is 0.719. The number of nitrogens with zero attached hydrogens (tertiary/aromatic N) is 1. The lowest BCUT2D eigenvalue weighted by Gasteiger charge is -1.94. The Labute approximate surface area is 66.2 Å². The molecule has 0 aliphatic heterocycles. The summed E-state index contributed by atoms with van der Waals surface area (Å²) >= 11 is 0. The first kappa shape index (κ1) is 7.83. The molecule has 1 heterocycles. The summed E-state index contributed by atoms with van der Waals surface area (Å²) in [6, 6.07) is 0. The lowest BCUT2D eigenvalue weighted by atomic mass is 10.5. The van der Waals surface area contributed by atoms with Crippen molar-refractivity contribution in [2.24, 2.45) is 0 Å². The summed E-state index contributed by atoms with van der Waals surface area (Å²) < 4.78 is 0. The van der Waals surface area contributed by atoms with Crippen LogP contribution in [0.5, 0.6) is 0 Å². The average Bonchev–Trinajstić information content (AvgIpc) is 2.50. The highest BCUT2D eigenvalue weighted by Crippen LogP contribution is 1.84. The van der Waals surface area contributed by atoms with E-state index in [9.17, 15) is 0 Å². The van der Waals surface area contributed by atoms with Gasteiger partial charge >= 0.3 is 0 Å². The van der Waals surface area contributed by atoms with E-state index >= 15 is 0 Å². The Morgan fingerprint density at radius 1 is 1.73 bits per heavy atom. The van der Waals surface area contributed by atoms with E-state index in [0.29, 0.717) is 0 Å². The van der Waals surface area contributed by atoms with Crippen molar-refractivity contribution in [1.82, 2.24) is 15.3 Å². The van der Waals surface area contributed by atoms with Crippen LogP contribution in [0, 0.1) is 11.8 Å². The predicted octanol–water partition coefficient (Wildman–Crippen LogP) is 0.523. The average molecular weight is 149 g/mol. The Morgan fingerprint density at radius 2 is 2.64 bits per heavy atom. The molecule has 3 heteroatoms. The van der Waals surface area contributed by atoms with E-state index in [1.54, 1.807) is 6.20 Å². The number of nitrogens with one attached hydrogen (secondary N) is 2. The van der Waals surface area contributed by atoms with Gasteiger partial charge in [-0.1, -0.05) is 5.92 Å². The van der Waals surface area contributed by atoms with Gasteiger partial charge in [-0.05, 0) is 6.92 Å². The smallest absolute Gasteiger partial charge is 0.120 e. The van der Waals surface area contributed by atoms with Crippen molar-refractivity contribution in [2.45, 2.75) is 13.5 Å². The van der Waals surface area contributed by atoms with E-state index < -0.39 is 0 Å². The molecule has 0 aliphatic rings. The number of hydrogen-bond acceptors (Lipinski definition) is 2. The standard InChI is InChI=1S/C8H11N3/c1-2-3-4-9-7-8-10-5-6-11-8/h5-6,9H,4,7H2,1H3,(H,10,11). The van der Waals surface area contributed by atoms with E-state index in [-0.39, 0.29) is 0 Å². The molecule has 0 spiro atoms. The maximum absolute atomic E-state index is 4.05. The number of imidazole rings is 1. The van der Waals surface area contributed by atoms with Crippen molar-refractivity contribution in [3.8, 4) is 11.8 Å². The van der Waals surface area contributed by atoms with Gasteiger partial charge in [0.25, 0.3) is 0 Å². The zero-order chi connectivity index (χ0) is 7.94. The van der Waals surface area contributed by atoms with Gasteiger partial charge in [0.2, 0.25) is 0 Å². The first-order valence-electron chi connectivity index (χ1n) is 3.52. The Morgan fingerprint density at radius 3 is 3.27 bits per heavy atom. The molecule has 0 radical (unpaired) electrons. The van der Waals surface area contributed by atoms with Gasteiger partial charge < -0.3 is 4.98 Å². The lowest BCUT2D eigenvalue weighted by molar-refractivity contribution is 0.733. The molecule has 0 atom stereocenters. The second-order valence-electron chi connectivity index (χ2n) is 2.07. The van der Waals surface area contributed by atoms with Gasteiger partial charge in [-0.2, -0.15) is 0 Å². The third kappa shape index (κ3) is 2.87. The molecule has 1 aromatic heterocycles. The third-order valence-electron chi connectivity index (χ3n) is 1.24. The summed E-state index contributed by atoms with van der Waals surface area (Å²) in [7, 11) is 0. The first-order valence-corrected chi connectivity index (χ1v) is 3.52. The van der Waals surface area contributed by atoms with E-state index in [2.05, 4.69) is 27.1 Å². The van der Waals surface area contributed by atoms with Crippen LogP contribution in [0.2, 0.25) is 0 Å². The van der Waals surface area contributed by atoms with Crippen molar-refractivity contribution in [2.75, 3.05) is 6.54 Å². The van der Waals surface area contributed by atoms with Crippen LogP contribution < -0.4 is 5.32 Å². The molecule has 3 nitrogen and oxygen atoms in total. The highest BCUT2D eigenvalue weighted by molar-refractivity contribution is 4.97.